The van der Waals surface area contributed by atoms with Crippen LogP contribution in [0.1, 0.15) is 57.6 Å². The molecular weight excluding hydrogens is 664 g/mol. The maximum absolute atomic E-state index is 10.8. The minimum atomic E-state index is -1.05. The summed E-state index contributed by atoms with van der Waals surface area (Å²) in [5.41, 5.74) is 9.53. The van der Waals surface area contributed by atoms with E-state index < -0.39 is 24.1 Å². The Bertz CT molecular complexity index is 1770. The van der Waals surface area contributed by atoms with E-state index in [0.29, 0.717) is 36.2 Å². The Kier molecular flexibility index (Phi) is 14.6. The smallest absolute Gasteiger partial charge is 0.306 e. The van der Waals surface area contributed by atoms with Crippen molar-refractivity contribution in [1.29, 1.82) is 0 Å². The molecule has 2 aromatic heterocycles. The van der Waals surface area contributed by atoms with Crippen LogP contribution in [-0.4, -0.2) is 81.8 Å². The Morgan fingerprint density at radius 1 is 0.654 bits per heavy atom. The first kappa shape index (κ1) is 39.4. The van der Waals surface area contributed by atoms with E-state index in [2.05, 4.69) is 58.7 Å². The van der Waals surface area contributed by atoms with E-state index in [0.717, 1.165) is 44.5 Å². The standard InChI is InChI=1S/C40H46N4O8/c1-25-27(11-15-31-17-13-29(39(43-31)51-3)21-41-23-33(45)19-37(47)48)7-5-9-35(25)36-10-6-8-28(26(36)2)12-16-32-18-14-30(40(44-32)52-4)22-42-24-34(46)20-38(49)50/h5-18,33-34,41-42,45-46H,19-24H2,1-4H3,(H,47,48)(H,49,50)/b15-11+,16-12+. The van der Waals surface area contributed by atoms with Crippen LogP contribution in [0.4, 0.5) is 0 Å². The molecule has 0 saturated carbocycles. The van der Waals surface area contributed by atoms with Gasteiger partial charge in [-0.2, -0.15) is 0 Å². The highest BCUT2D eigenvalue weighted by Crippen LogP contribution is 2.32. The number of aromatic nitrogens is 2. The summed E-state index contributed by atoms with van der Waals surface area (Å²) in [5, 5.41) is 43.4. The molecule has 274 valence electrons. The number of nitrogens with one attached hydrogen (secondary N) is 2. The average Bonchev–Trinajstić information content (AvgIpc) is 3.11. The molecule has 12 nitrogen and oxygen atoms in total. The van der Waals surface area contributed by atoms with Gasteiger partial charge in [-0.15, -0.1) is 0 Å². The molecule has 2 aromatic carbocycles. The number of carbonyl (C=O) groups is 2. The highest BCUT2D eigenvalue weighted by atomic mass is 16.5. The molecule has 0 fully saturated rings. The van der Waals surface area contributed by atoms with Crippen LogP contribution in [0.5, 0.6) is 11.8 Å². The number of hydrogen-bond donors (Lipinski definition) is 6. The molecule has 4 rings (SSSR count). The number of aliphatic hydroxyl groups is 2. The summed E-state index contributed by atoms with van der Waals surface area (Å²) < 4.78 is 11.0. The summed E-state index contributed by atoms with van der Waals surface area (Å²) in [5.74, 6) is -1.21. The second-order valence-corrected chi connectivity index (χ2v) is 12.3. The predicted molar refractivity (Wildman–Crippen MR) is 201 cm³/mol. The maximum atomic E-state index is 10.8. The molecular formula is C40H46N4O8. The minimum absolute atomic E-state index is 0.137. The molecule has 0 aliphatic heterocycles. The Hall–Kier alpha value is -5.40. The summed E-state index contributed by atoms with van der Waals surface area (Å²) in [6.07, 6.45) is 5.29. The number of nitrogens with zero attached hydrogens (tertiary/aromatic N) is 2. The van der Waals surface area contributed by atoms with Crippen LogP contribution in [0.2, 0.25) is 0 Å². The van der Waals surface area contributed by atoms with Crippen molar-refractivity contribution in [2.45, 2.75) is 52.0 Å². The van der Waals surface area contributed by atoms with Gasteiger partial charge in [-0.25, -0.2) is 9.97 Å². The third kappa shape index (κ3) is 11.3. The van der Waals surface area contributed by atoms with Gasteiger partial charge in [0.2, 0.25) is 11.8 Å². The number of carboxylic acids is 2. The van der Waals surface area contributed by atoms with Crippen LogP contribution in [0.3, 0.4) is 0 Å². The molecule has 2 atom stereocenters. The number of aliphatic carboxylic acids is 2. The lowest BCUT2D eigenvalue weighted by atomic mass is 9.91. The monoisotopic (exact) mass is 710 g/mol. The normalized spacial score (nSPS) is 12.7. The third-order valence-electron chi connectivity index (χ3n) is 8.43. The first-order chi connectivity index (χ1) is 25.0. The number of pyridine rings is 2. The Labute approximate surface area is 303 Å². The van der Waals surface area contributed by atoms with Gasteiger partial charge in [-0.05, 0) is 71.5 Å². The zero-order chi connectivity index (χ0) is 37.6. The van der Waals surface area contributed by atoms with E-state index in [1.807, 2.05) is 60.7 Å². The molecule has 4 aromatic rings. The fourth-order valence-electron chi connectivity index (χ4n) is 5.67. The first-order valence-corrected chi connectivity index (χ1v) is 16.8. The van der Waals surface area contributed by atoms with E-state index in [9.17, 15) is 19.8 Å². The lowest BCUT2D eigenvalue weighted by molar-refractivity contribution is -0.140. The van der Waals surface area contributed by atoms with Crippen molar-refractivity contribution in [2.24, 2.45) is 0 Å². The van der Waals surface area contributed by atoms with Crippen LogP contribution in [0, 0.1) is 13.8 Å². The lowest BCUT2D eigenvalue weighted by Crippen LogP contribution is -2.28. The van der Waals surface area contributed by atoms with E-state index in [1.54, 1.807) is 14.2 Å². The number of ether oxygens (including phenoxy) is 2. The minimum Gasteiger partial charge on any atom is -0.481 e. The molecule has 0 spiro atoms. The van der Waals surface area contributed by atoms with Gasteiger partial charge in [-0.3, -0.25) is 9.59 Å². The third-order valence-corrected chi connectivity index (χ3v) is 8.43. The van der Waals surface area contributed by atoms with Crippen molar-refractivity contribution in [3.05, 3.63) is 105 Å². The van der Waals surface area contributed by atoms with Crippen LogP contribution in [0.25, 0.3) is 35.4 Å². The fraction of sp³-hybridized carbons (Fsp3) is 0.300. The van der Waals surface area contributed by atoms with Crippen molar-refractivity contribution in [3.63, 3.8) is 0 Å². The molecule has 2 heterocycles. The molecule has 6 N–H and O–H groups in total. The Morgan fingerprint density at radius 3 is 1.42 bits per heavy atom. The highest BCUT2D eigenvalue weighted by molar-refractivity contribution is 5.81. The maximum Gasteiger partial charge on any atom is 0.306 e. The predicted octanol–water partition coefficient (Wildman–Crippen LogP) is 4.97. The van der Waals surface area contributed by atoms with E-state index in [-0.39, 0.29) is 25.9 Å². The number of rotatable bonds is 19. The van der Waals surface area contributed by atoms with E-state index in [1.165, 1.54) is 0 Å². The van der Waals surface area contributed by atoms with Gasteiger partial charge in [0.15, 0.2) is 0 Å². The van der Waals surface area contributed by atoms with Gasteiger partial charge >= 0.3 is 11.9 Å². The molecule has 12 heteroatoms. The molecule has 52 heavy (non-hydrogen) atoms. The number of aliphatic hydroxyl groups excluding tert-OH is 2. The summed E-state index contributed by atoms with van der Waals surface area (Å²) in [4.78, 5) is 30.8. The topological polar surface area (TPSA) is 183 Å². The van der Waals surface area contributed by atoms with Crippen LogP contribution >= 0.6 is 0 Å². The highest BCUT2D eigenvalue weighted by Gasteiger charge is 2.13. The van der Waals surface area contributed by atoms with Gasteiger partial charge in [-0.1, -0.05) is 60.7 Å². The SMILES string of the molecule is COc1nc(/C=C/c2cccc(-c3cccc(/C=C/c4ccc(CNCC(O)CC(=O)O)c(OC)n4)c3C)c2C)ccc1CNCC(O)CC(=O)O. The van der Waals surface area contributed by atoms with Crippen LogP contribution in [0.15, 0.2) is 60.7 Å². The van der Waals surface area contributed by atoms with Crippen molar-refractivity contribution < 1.29 is 39.5 Å². The van der Waals surface area contributed by atoms with Gasteiger partial charge in [0.05, 0.1) is 50.7 Å². The number of benzene rings is 2. The molecule has 0 aliphatic rings. The van der Waals surface area contributed by atoms with Gasteiger partial charge in [0.25, 0.3) is 0 Å². The van der Waals surface area contributed by atoms with Crippen molar-refractivity contribution in [2.75, 3.05) is 27.3 Å². The lowest BCUT2D eigenvalue weighted by Gasteiger charge is -2.14. The molecule has 0 aliphatic carbocycles. The van der Waals surface area contributed by atoms with Crippen molar-refractivity contribution in [3.8, 4) is 22.9 Å². The molecule has 0 saturated heterocycles. The van der Waals surface area contributed by atoms with Crippen molar-refractivity contribution >= 4 is 36.2 Å². The number of methoxy groups -OCH3 is 2. The van der Waals surface area contributed by atoms with Crippen LogP contribution in [-0.2, 0) is 22.7 Å². The largest absolute Gasteiger partial charge is 0.481 e. The second-order valence-electron chi connectivity index (χ2n) is 12.3. The first-order valence-electron chi connectivity index (χ1n) is 16.8. The average molecular weight is 711 g/mol. The zero-order valence-corrected chi connectivity index (χ0v) is 29.8. The zero-order valence-electron chi connectivity index (χ0n) is 29.8. The molecule has 0 bridgehead atoms. The molecule has 0 radical (unpaired) electrons. The molecule has 0 amide bonds. The van der Waals surface area contributed by atoms with Gasteiger partial charge < -0.3 is 40.5 Å². The quantitative estimate of drug-likeness (QED) is 0.0770. The second kappa shape index (κ2) is 19.3. The number of carboxylic acid groups (broad SMARTS) is 2. The van der Waals surface area contributed by atoms with Gasteiger partial charge in [0, 0.05) is 37.3 Å². The summed E-state index contributed by atoms with van der Waals surface area (Å²) in [6.45, 7) is 5.20. The Morgan fingerprint density at radius 2 is 1.06 bits per heavy atom. The summed E-state index contributed by atoms with van der Waals surface area (Å²) in [6, 6.07) is 20.0. The molecule has 2 unspecified atom stereocenters. The van der Waals surface area contributed by atoms with Crippen LogP contribution < -0.4 is 20.1 Å². The summed E-state index contributed by atoms with van der Waals surface area (Å²) >= 11 is 0. The fourth-order valence-corrected chi connectivity index (χ4v) is 5.67. The van der Waals surface area contributed by atoms with Gasteiger partial charge in [0.1, 0.15) is 0 Å². The Balaban J connectivity index is 1.46. The number of hydrogen-bond acceptors (Lipinski definition) is 10. The van der Waals surface area contributed by atoms with E-state index >= 15 is 0 Å². The van der Waals surface area contributed by atoms with E-state index in [4.69, 9.17) is 19.7 Å². The van der Waals surface area contributed by atoms with Crippen molar-refractivity contribution in [1.82, 2.24) is 20.6 Å². The summed E-state index contributed by atoms with van der Waals surface area (Å²) in [7, 11) is 3.09.